The SMILES string of the molecule is CCSc1n[nH]c(NC(=O)c2ccc(-n3cccc3)cc2)n1. The van der Waals surface area contributed by atoms with Crippen LogP contribution in [0.4, 0.5) is 5.95 Å². The lowest BCUT2D eigenvalue weighted by Crippen LogP contribution is -2.13. The Morgan fingerprint density at radius 3 is 2.68 bits per heavy atom. The maximum absolute atomic E-state index is 12.2. The number of rotatable bonds is 5. The Balaban J connectivity index is 1.69. The zero-order chi connectivity index (χ0) is 15.4. The molecule has 0 fully saturated rings. The number of hydrogen-bond donors (Lipinski definition) is 2. The van der Waals surface area contributed by atoms with Crippen molar-refractivity contribution >= 4 is 23.6 Å². The van der Waals surface area contributed by atoms with E-state index in [0.29, 0.717) is 16.7 Å². The van der Waals surface area contributed by atoms with Crippen LogP contribution in [0.25, 0.3) is 5.69 Å². The summed E-state index contributed by atoms with van der Waals surface area (Å²) >= 11 is 1.51. The molecule has 7 heteroatoms. The van der Waals surface area contributed by atoms with Crippen LogP contribution in [-0.2, 0) is 0 Å². The number of H-pyrrole nitrogens is 1. The molecule has 0 unspecified atom stereocenters. The first-order valence-corrected chi connectivity index (χ1v) is 7.85. The van der Waals surface area contributed by atoms with E-state index in [-0.39, 0.29) is 5.91 Å². The maximum atomic E-state index is 12.2. The number of carbonyl (C=O) groups excluding carboxylic acids is 1. The lowest BCUT2D eigenvalue weighted by molar-refractivity contribution is 0.102. The summed E-state index contributed by atoms with van der Waals surface area (Å²) in [6.45, 7) is 2.02. The summed E-state index contributed by atoms with van der Waals surface area (Å²) in [6, 6.07) is 11.3. The summed E-state index contributed by atoms with van der Waals surface area (Å²) in [5.74, 6) is 1.02. The van der Waals surface area contributed by atoms with E-state index in [2.05, 4.69) is 20.5 Å². The van der Waals surface area contributed by atoms with Crippen molar-refractivity contribution in [1.29, 1.82) is 0 Å². The Labute approximate surface area is 132 Å². The van der Waals surface area contributed by atoms with Gasteiger partial charge in [-0.15, -0.1) is 5.10 Å². The largest absolute Gasteiger partial charge is 0.324 e. The van der Waals surface area contributed by atoms with Crippen molar-refractivity contribution in [2.75, 3.05) is 11.1 Å². The number of aromatic amines is 1. The van der Waals surface area contributed by atoms with Crippen LogP contribution < -0.4 is 5.32 Å². The minimum Gasteiger partial charge on any atom is -0.324 e. The molecule has 6 nitrogen and oxygen atoms in total. The number of amides is 1. The van der Waals surface area contributed by atoms with E-state index in [9.17, 15) is 4.79 Å². The summed E-state index contributed by atoms with van der Waals surface area (Å²) < 4.78 is 1.98. The summed E-state index contributed by atoms with van der Waals surface area (Å²) in [6.07, 6.45) is 3.91. The van der Waals surface area contributed by atoms with Crippen molar-refractivity contribution in [3.63, 3.8) is 0 Å². The summed E-state index contributed by atoms with van der Waals surface area (Å²) in [5.41, 5.74) is 1.57. The molecule has 1 amide bonds. The number of aromatic nitrogens is 4. The second-order valence-electron chi connectivity index (χ2n) is 4.49. The van der Waals surface area contributed by atoms with Gasteiger partial charge in [-0.05, 0) is 42.2 Å². The third-order valence-electron chi connectivity index (χ3n) is 3.00. The van der Waals surface area contributed by atoms with E-state index in [1.807, 2.05) is 48.1 Å². The summed E-state index contributed by atoms with van der Waals surface area (Å²) in [4.78, 5) is 16.4. The first-order valence-electron chi connectivity index (χ1n) is 6.86. The van der Waals surface area contributed by atoms with E-state index in [0.717, 1.165) is 11.4 Å². The van der Waals surface area contributed by atoms with Gasteiger partial charge in [0.25, 0.3) is 5.91 Å². The smallest absolute Gasteiger partial charge is 0.258 e. The third-order valence-corrected chi connectivity index (χ3v) is 3.73. The van der Waals surface area contributed by atoms with Crippen LogP contribution in [0.3, 0.4) is 0 Å². The molecular weight excluding hydrogens is 298 g/mol. The first kappa shape index (κ1) is 14.4. The van der Waals surface area contributed by atoms with Gasteiger partial charge in [-0.1, -0.05) is 18.7 Å². The molecule has 3 aromatic rings. The first-order chi connectivity index (χ1) is 10.8. The molecule has 1 aromatic carbocycles. The van der Waals surface area contributed by atoms with Gasteiger partial charge in [0.05, 0.1) is 0 Å². The van der Waals surface area contributed by atoms with Gasteiger partial charge in [0.2, 0.25) is 11.1 Å². The van der Waals surface area contributed by atoms with Gasteiger partial charge in [0.1, 0.15) is 0 Å². The van der Waals surface area contributed by atoms with E-state index in [1.54, 1.807) is 12.1 Å². The maximum Gasteiger partial charge on any atom is 0.258 e. The van der Waals surface area contributed by atoms with Crippen molar-refractivity contribution in [3.05, 3.63) is 54.4 Å². The van der Waals surface area contributed by atoms with Crippen LogP contribution in [0.2, 0.25) is 0 Å². The van der Waals surface area contributed by atoms with Crippen LogP contribution in [0.5, 0.6) is 0 Å². The lowest BCUT2D eigenvalue weighted by Gasteiger charge is -2.05. The second kappa shape index (κ2) is 6.48. The quantitative estimate of drug-likeness (QED) is 0.710. The molecule has 0 saturated heterocycles. The molecule has 112 valence electrons. The van der Waals surface area contributed by atoms with Gasteiger partial charge >= 0.3 is 0 Å². The fourth-order valence-electron chi connectivity index (χ4n) is 1.97. The molecule has 0 aliphatic heterocycles. The number of hydrogen-bond acceptors (Lipinski definition) is 4. The van der Waals surface area contributed by atoms with Crippen molar-refractivity contribution in [2.24, 2.45) is 0 Å². The van der Waals surface area contributed by atoms with E-state index in [1.165, 1.54) is 11.8 Å². The highest BCUT2D eigenvalue weighted by atomic mass is 32.2. The fourth-order valence-corrected chi connectivity index (χ4v) is 2.49. The molecule has 0 aliphatic rings. The number of anilines is 1. The monoisotopic (exact) mass is 313 g/mol. The number of thioether (sulfide) groups is 1. The van der Waals surface area contributed by atoms with E-state index < -0.39 is 0 Å². The topological polar surface area (TPSA) is 75.6 Å². The molecule has 2 heterocycles. The molecule has 22 heavy (non-hydrogen) atoms. The Morgan fingerprint density at radius 1 is 1.27 bits per heavy atom. The summed E-state index contributed by atoms with van der Waals surface area (Å²) in [5, 5.41) is 10.0. The minimum absolute atomic E-state index is 0.219. The number of nitrogens with zero attached hydrogens (tertiary/aromatic N) is 3. The fraction of sp³-hybridized carbons (Fsp3) is 0.133. The standard InChI is InChI=1S/C15H15N5OS/c1-2-22-15-17-14(18-19-15)16-13(21)11-5-7-12(8-6-11)20-9-3-4-10-20/h3-10H,2H2,1H3,(H2,16,17,18,19,21). The summed E-state index contributed by atoms with van der Waals surface area (Å²) in [7, 11) is 0. The predicted octanol–water partition coefficient (Wildman–Crippen LogP) is 2.96. The van der Waals surface area contributed by atoms with Gasteiger partial charge < -0.3 is 4.57 Å². The molecule has 0 saturated carbocycles. The van der Waals surface area contributed by atoms with Gasteiger partial charge in [-0.25, -0.2) is 5.10 Å². The average molecular weight is 313 g/mol. The van der Waals surface area contributed by atoms with E-state index >= 15 is 0 Å². The van der Waals surface area contributed by atoms with Crippen LogP contribution in [0.1, 0.15) is 17.3 Å². The molecule has 0 aliphatic carbocycles. The molecule has 3 rings (SSSR count). The van der Waals surface area contributed by atoms with Gasteiger partial charge in [0, 0.05) is 23.6 Å². The average Bonchev–Trinajstić information content (AvgIpc) is 3.20. The van der Waals surface area contributed by atoms with Crippen LogP contribution in [0.15, 0.2) is 53.9 Å². The Morgan fingerprint density at radius 2 is 2.00 bits per heavy atom. The van der Waals surface area contributed by atoms with Crippen LogP contribution in [0, 0.1) is 0 Å². The highest BCUT2D eigenvalue weighted by molar-refractivity contribution is 7.99. The molecule has 2 N–H and O–H groups in total. The second-order valence-corrected chi connectivity index (χ2v) is 5.72. The number of carbonyl (C=O) groups is 1. The third kappa shape index (κ3) is 3.20. The predicted molar refractivity (Wildman–Crippen MR) is 86.5 cm³/mol. The van der Waals surface area contributed by atoms with Gasteiger partial charge in [-0.2, -0.15) is 4.98 Å². The highest BCUT2D eigenvalue weighted by Gasteiger charge is 2.09. The molecule has 0 radical (unpaired) electrons. The Bertz CT molecular complexity index is 749. The van der Waals surface area contributed by atoms with Crippen molar-refractivity contribution in [1.82, 2.24) is 19.7 Å². The molecule has 0 spiro atoms. The Hall–Kier alpha value is -2.54. The number of benzene rings is 1. The normalized spacial score (nSPS) is 10.6. The highest BCUT2D eigenvalue weighted by Crippen LogP contribution is 2.14. The molecule has 2 aromatic heterocycles. The van der Waals surface area contributed by atoms with Crippen LogP contribution >= 0.6 is 11.8 Å². The zero-order valence-electron chi connectivity index (χ0n) is 12.0. The molecule has 0 bridgehead atoms. The van der Waals surface area contributed by atoms with Crippen molar-refractivity contribution in [2.45, 2.75) is 12.1 Å². The number of nitrogens with one attached hydrogen (secondary N) is 2. The molecular formula is C15H15N5OS. The minimum atomic E-state index is -0.219. The van der Waals surface area contributed by atoms with E-state index in [4.69, 9.17) is 0 Å². The lowest BCUT2D eigenvalue weighted by atomic mass is 10.2. The van der Waals surface area contributed by atoms with Crippen LogP contribution in [-0.4, -0.2) is 31.4 Å². The van der Waals surface area contributed by atoms with Crippen molar-refractivity contribution in [3.8, 4) is 5.69 Å². The van der Waals surface area contributed by atoms with Gasteiger partial charge in [-0.3, -0.25) is 10.1 Å². The zero-order valence-corrected chi connectivity index (χ0v) is 12.8. The Kier molecular flexibility index (Phi) is 4.24. The van der Waals surface area contributed by atoms with Gasteiger partial charge in [0.15, 0.2) is 0 Å². The van der Waals surface area contributed by atoms with Crippen molar-refractivity contribution < 1.29 is 4.79 Å². The molecule has 0 atom stereocenters.